The van der Waals surface area contributed by atoms with E-state index < -0.39 is 17.8 Å². The van der Waals surface area contributed by atoms with Gasteiger partial charge in [-0.05, 0) is 30.5 Å². The first-order valence-electron chi connectivity index (χ1n) is 6.83. The normalized spacial score (nSPS) is 22.8. The minimum absolute atomic E-state index is 0.118. The molecular weight excluding hydrogens is 283 g/mol. The van der Waals surface area contributed by atoms with E-state index in [9.17, 15) is 18.0 Å². The number of hydrogen-bond acceptors (Lipinski definition) is 2. The lowest BCUT2D eigenvalue weighted by Gasteiger charge is -2.22. The number of benzene rings is 1. The van der Waals surface area contributed by atoms with Gasteiger partial charge in [-0.15, -0.1) is 0 Å². The summed E-state index contributed by atoms with van der Waals surface area (Å²) in [6.45, 7) is 5.86. The van der Waals surface area contributed by atoms with Gasteiger partial charge >= 0.3 is 12.3 Å². The van der Waals surface area contributed by atoms with Gasteiger partial charge in [0.05, 0.1) is 11.6 Å². The third kappa shape index (κ3) is 3.31. The minimum Gasteiger partial charge on any atom is -0.444 e. The Labute approximate surface area is 121 Å². The van der Waals surface area contributed by atoms with E-state index in [0.29, 0.717) is 5.56 Å². The standard InChI is InChI=1S/C15H18F3NO2/c1-9(2)13-10(3)19(14(20)21-13)8-11-5-4-6-12(7-11)15(16,17)18/h4-7,9-10,13H,8H2,1-3H3/t10-,13-/m1/s1. The molecular formula is C15H18F3NO2. The number of carbonyl (C=O) groups is 1. The molecule has 3 nitrogen and oxygen atoms in total. The molecule has 1 heterocycles. The number of alkyl halides is 3. The Bertz CT molecular complexity index is 528. The smallest absolute Gasteiger partial charge is 0.416 e. The number of hydrogen-bond donors (Lipinski definition) is 0. The lowest BCUT2D eigenvalue weighted by molar-refractivity contribution is -0.137. The third-order valence-electron chi connectivity index (χ3n) is 3.70. The first kappa shape index (κ1) is 15.7. The first-order valence-corrected chi connectivity index (χ1v) is 6.83. The van der Waals surface area contributed by atoms with Crippen LogP contribution in [0, 0.1) is 5.92 Å². The Morgan fingerprint density at radius 1 is 1.33 bits per heavy atom. The zero-order chi connectivity index (χ0) is 15.8. The number of amides is 1. The van der Waals surface area contributed by atoms with E-state index >= 15 is 0 Å². The van der Waals surface area contributed by atoms with Crippen LogP contribution in [0.15, 0.2) is 24.3 Å². The maximum atomic E-state index is 12.7. The van der Waals surface area contributed by atoms with E-state index in [1.807, 2.05) is 20.8 Å². The average Bonchev–Trinajstić information content (AvgIpc) is 2.66. The molecule has 1 aliphatic rings. The average molecular weight is 301 g/mol. The van der Waals surface area contributed by atoms with E-state index in [4.69, 9.17) is 4.74 Å². The Balaban J connectivity index is 2.17. The van der Waals surface area contributed by atoms with Crippen LogP contribution in [-0.4, -0.2) is 23.1 Å². The largest absolute Gasteiger partial charge is 0.444 e. The van der Waals surface area contributed by atoms with Crippen LogP contribution in [0.3, 0.4) is 0 Å². The minimum atomic E-state index is -4.38. The Morgan fingerprint density at radius 3 is 2.52 bits per heavy atom. The van der Waals surface area contributed by atoms with Gasteiger partial charge in [0, 0.05) is 6.54 Å². The second-order valence-electron chi connectivity index (χ2n) is 5.66. The summed E-state index contributed by atoms with van der Waals surface area (Å²) in [5, 5.41) is 0. The number of ether oxygens (including phenoxy) is 1. The fourth-order valence-corrected chi connectivity index (χ4v) is 2.57. The summed E-state index contributed by atoms with van der Waals surface area (Å²) in [5.41, 5.74) is -0.265. The van der Waals surface area contributed by atoms with E-state index in [2.05, 4.69) is 0 Å². The highest BCUT2D eigenvalue weighted by Crippen LogP contribution is 2.31. The topological polar surface area (TPSA) is 29.5 Å². The van der Waals surface area contributed by atoms with Crippen molar-refractivity contribution in [3.63, 3.8) is 0 Å². The van der Waals surface area contributed by atoms with Crippen LogP contribution in [0.5, 0.6) is 0 Å². The van der Waals surface area contributed by atoms with Gasteiger partial charge in [0.15, 0.2) is 0 Å². The predicted octanol–water partition coefficient (Wildman–Crippen LogP) is 4.07. The molecule has 2 atom stereocenters. The second-order valence-corrected chi connectivity index (χ2v) is 5.66. The lowest BCUT2D eigenvalue weighted by Crippen LogP contribution is -2.35. The molecule has 1 aliphatic heterocycles. The number of carbonyl (C=O) groups excluding carboxylic acids is 1. The highest BCUT2D eigenvalue weighted by atomic mass is 19.4. The maximum Gasteiger partial charge on any atom is 0.416 e. The van der Waals surface area contributed by atoms with Gasteiger partial charge in [-0.2, -0.15) is 13.2 Å². The van der Waals surface area contributed by atoms with Crippen molar-refractivity contribution in [2.75, 3.05) is 0 Å². The third-order valence-corrected chi connectivity index (χ3v) is 3.70. The molecule has 1 fully saturated rings. The molecule has 0 radical (unpaired) electrons. The summed E-state index contributed by atoms with van der Waals surface area (Å²) in [7, 11) is 0. The second kappa shape index (κ2) is 5.58. The van der Waals surface area contributed by atoms with Crippen LogP contribution in [-0.2, 0) is 17.5 Å². The summed E-state index contributed by atoms with van der Waals surface area (Å²) >= 11 is 0. The number of cyclic esters (lactones) is 1. The fraction of sp³-hybridized carbons (Fsp3) is 0.533. The Kier molecular flexibility index (Phi) is 4.16. The molecule has 0 aliphatic carbocycles. The van der Waals surface area contributed by atoms with Crippen molar-refractivity contribution < 1.29 is 22.7 Å². The number of halogens is 3. The van der Waals surface area contributed by atoms with E-state index in [0.717, 1.165) is 12.1 Å². The highest BCUT2D eigenvalue weighted by Gasteiger charge is 2.40. The molecule has 21 heavy (non-hydrogen) atoms. The van der Waals surface area contributed by atoms with Crippen molar-refractivity contribution in [2.45, 2.75) is 45.6 Å². The molecule has 0 aromatic heterocycles. The summed E-state index contributed by atoms with van der Waals surface area (Å²) in [4.78, 5) is 13.3. The Morgan fingerprint density at radius 2 is 2.00 bits per heavy atom. The molecule has 0 unspecified atom stereocenters. The number of rotatable bonds is 3. The number of nitrogens with zero attached hydrogens (tertiary/aromatic N) is 1. The van der Waals surface area contributed by atoms with Crippen molar-refractivity contribution in [3.05, 3.63) is 35.4 Å². The van der Waals surface area contributed by atoms with Crippen LogP contribution in [0.4, 0.5) is 18.0 Å². The lowest BCUT2D eigenvalue weighted by atomic mass is 10.0. The van der Waals surface area contributed by atoms with Crippen molar-refractivity contribution in [3.8, 4) is 0 Å². The van der Waals surface area contributed by atoms with Crippen LogP contribution in [0.1, 0.15) is 31.9 Å². The molecule has 116 valence electrons. The van der Waals surface area contributed by atoms with Crippen molar-refractivity contribution in [1.29, 1.82) is 0 Å². The molecule has 2 rings (SSSR count). The van der Waals surface area contributed by atoms with Crippen molar-refractivity contribution in [1.82, 2.24) is 4.90 Å². The summed E-state index contributed by atoms with van der Waals surface area (Å²) in [6.07, 6.45) is -5.09. The van der Waals surface area contributed by atoms with Crippen LogP contribution < -0.4 is 0 Å². The van der Waals surface area contributed by atoms with Gasteiger partial charge in [-0.25, -0.2) is 4.79 Å². The van der Waals surface area contributed by atoms with Crippen LogP contribution in [0.2, 0.25) is 0 Å². The van der Waals surface area contributed by atoms with Gasteiger partial charge < -0.3 is 4.74 Å². The molecule has 1 aromatic rings. The molecule has 6 heteroatoms. The Hall–Kier alpha value is -1.72. The molecule has 1 aromatic carbocycles. The van der Waals surface area contributed by atoms with E-state index in [1.54, 1.807) is 6.07 Å². The van der Waals surface area contributed by atoms with Gasteiger partial charge in [-0.1, -0.05) is 26.0 Å². The zero-order valence-corrected chi connectivity index (χ0v) is 12.1. The SMILES string of the molecule is CC(C)[C@H]1OC(=O)N(Cc2cccc(C(F)(F)F)c2)[C@@H]1C. The summed E-state index contributed by atoms with van der Waals surface area (Å²) in [5.74, 6) is 0.162. The molecule has 1 saturated heterocycles. The molecule has 0 saturated carbocycles. The quantitative estimate of drug-likeness (QED) is 0.842. The molecule has 0 N–H and O–H groups in total. The zero-order valence-electron chi connectivity index (χ0n) is 12.1. The van der Waals surface area contributed by atoms with Crippen LogP contribution in [0.25, 0.3) is 0 Å². The molecule has 0 spiro atoms. The first-order chi connectivity index (χ1) is 9.70. The monoisotopic (exact) mass is 301 g/mol. The van der Waals surface area contributed by atoms with Gasteiger partial charge in [0.1, 0.15) is 6.10 Å². The van der Waals surface area contributed by atoms with Crippen molar-refractivity contribution in [2.24, 2.45) is 5.92 Å². The summed E-state index contributed by atoms with van der Waals surface area (Å²) in [6, 6.07) is 4.86. The van der Waals surface area contributed by atoms with Gasteiger partial charge in [-0.3, -0.25) is 4.90 Å². The van der Waals surface area contributed by atoms with Crippen molar-refractivity contribution >= 4 is 6.09 Å². The van der Waals surface area contributed by atoms with Gasteiger partial charge in [0.2, 0.25) is 0 Å². The van der Waals surface area contributed by atoms with Crippen LogP contribution >= 0.6 is 0 Å². The van der Waals surface area contributed by atoms with Gasteiger partial charge in [0.25, 0.3) is 0 Å². The maximum absolute atomic E-state index is 12.7. The summed E-state index contributed by atoms with van der Waals surface area (Å²) < 4.78 is 43.4. The highest BCUT2D eigenvalue weighted by molar-refractivity contribution is 5.70. The molecule has 0 bridgehead atoms. The molecule has 1 amide bonds. The van der Waals surface area contributed by atoms with E-state index in [-0.39, 0.29) is 24.6 Å². The predicted molar refractivity (Wildman–Crippen MR) is 71.6 cm³/mol. The fourth-order valence-electron chi connectivity index (χ4n) is 2.57. The van der Waals surface area contributed by atoms with E-state index in [1.165, 1.54) is 11.0 Å².